The molecular weight excluding hydrogens is 539 g/mol. The number of fused-ring (bicyclic) bond motifs is 1. The summed E-state index contributed by atoms with van der Waals surface area (Å²) in [6.45, 7) is 18.3. The summed E-state index contributed by atoms with van der Waals surface area (Å²) < 4.78 is 0. The van der Waals surface area contributed by atoms with Gasteiger partial charge in [0.25, 0.3) is 0 Å². The Hall–Kier alpha value is -0.790. The first kappa shape index (κ1) is 36.8. The van der Waals surface area contributed by atoms with Gasteiger partial charge in [-0.1, -0.05) is 80.6 Å². The van der Waals surface area contributed by atoms with Gasteiger partial charge in [0, 0.05) is 0 Å². The van der Waals surface area contributed by atoms with Gasteiger partial charge in [0.15, 0.2) is 0 Å². The Bertz CT molecular complexity index is 1060. The van der Waals surface area contributed by atoms with E-state index < -0.39 is 0 Å². The fourth-order valence-corrected chi connectivity index (χ4v) is 3.84. The topological polar surface area (TPSA) is 0 Å². The van der Waals surface area contributed by atoms with E-state index in [1.807, 2.05) is 0 Å². The molecule has 0 N–H and O–H groups in total. The number of aryl methyl sites for hydroxylation is 3. The van der Waals surface area contributed by atoms with Gasteiger partial charge in [-0.15, -0.1) is 71.8 Å². The van der Waals surface area contributed by atoms with E-state index in [2.05, 4.69) is 110 Å². The number of allylic oxidation sites excluding steroid dienone is 4. The average Bonchev–Trinajstić information content (AvgIpc) is 3.14. The molecule has 0 spiro atoms. The van der Waals surface area contributed by atoms with Gasteiger partial charge in [-0.05, 0) is 13.8 Å². The molecule has 1 unspecified atom stereocenters. The Morgan fingerprint density at radius 1 is 0.848 bits per heavy atom. The second-order valence-corrected chi connectivity index (χ2v) is 7.89. The quantitative estimate of drug-likeness (QED) is 0.200. The molecule has 3 aromatic rings. The predicted octanol–water partition coefficient (Wildman–Crippen LogP) is 9.23. The van der Waals surface area contributed by atoms with Crippen LogP contribution in [0.4, 0.5) is 0 Å². The van der Waals surface area contributed by atoms with Gasteiger partial charge in [0.1, 0.15) is 0 Å². The summed E-state index contributed by atoms with van der Waals surface area (Å²) >= 11 is 1.36. The summed E-state index contributed by atoms with van der Waals surface area (Å²) in [6, 6.07) is 17.6. The van der Waals surface area contributed by atoms with Crippen LogP contribution in [0.2, 0.25) is 0 Å². The second-order valence-electron chi connectivity index (χ2n) is 7.89. The van der Waals surface area contributed by atoms with Crippen LogP contribution in [0.3, 0.4) is 0 Å². The van der Waals surface area contributed by atoms with Crippen molar-refractivity contribution in [1.29, 1.82) is 0 Å². The number of halogens is 2. The Morgan fingerprint density at radius 3 is 1.79 bits per heavy atom. The van der Waals surface area contributed by atoms with Gasteiger partial charge in [-0.2, -0.15) is 11.1 Å². The van der Waals surface area contributed by atoms with Gasteiger partial charge >= 0.3 is 30.2 Å². The predicted molar refractivity (Wildman–Crippen MR) is 152 cm³/mol. The van der Waals surface area contributed by atoms with Crippen LogP contribution in [0.1, 0.15) is 44.4 Å². The summed E-state index contributed by atoms with van der Waals surface area (Å²) in [5.41, 5.74) is 11.0. The second kappa shape index (κ2) is 16.8. The Kier molecular flexibility index (Phi) is 18.7. The molecule has 1 aliphatic rings. The first-order valence-corrected chi connectivity index (χ1v) is 14.2. The van der Waals surface area contributed by atoms with E-state index in [-0.39, 0.29) is 39.7 Å². The third kappa shape index (κ3) is 8.74. The molecule has 0 saturated carbocycles. The number of hydrogen-bond donors (Lipinski definition) is 0. The third-order valence-electron chi connectivity index (χ3n) is 6.00. The zero-order chi connectivity index (χ0) is 21.7. The van der Waals surface area contributed by atoms with Crippen LogP contribution in [0, 0.1) is 47.6 Å². The summed E-state index contributed by atoms with van der Waals surface area (Å²) in [7, 11) is 0. The zero-order valence-corrected chi connectivity index (χ0v) is 26.6. The van der Waals surface area contributed by atoms with Crippen LogP contribution in [0.5, 0.6) is 0 Å². The summed E-state index contributed by atoms with van der Waals surface area (Å²) in [5, 5.41) is 2.73. The fourth-order valence-electron chi connectivity index (χ4n) is 3.84. The standard InChI is InChI=1S/C18H17.C9H13.2CH3.2ClH.Si.Zr/c1-12-9-16-10-14(3)18(17(16)11-13(12)2)15-7-5-4-6-8-15;1-6-5-7(2)9(4)8(6)3;;;;;;/h4-11H,1-3H3;6H,1-4H3;2*1H3;2*1H;;/q4*-1;;;;. The van der Waals surface area contributed by atoms with Gasteiger partial charge < -0.3 is 14.9 Å². The van der Waals surface area contributed by atoms with Crippen LogP contribution >= 0.6 is 24.8 Å². The molecule has 180 valence electrons. The fraction of sp³-hybridized carbons (Fsp3) is 0.276. The molecule has 0 nitrogen and oxygen atoms in total. The number of hydrogen-bond acceptors (Lipinski definition) is 0. The van der Waals surface area contributed by atoms with Gasteiger partial charge in [0.05, 0.1) is 0 Å². The molecule has 0 aliphatic heterocycles. The van der Waals surface area contributed by atoms with Crippen LogP contribution < -0.4 is 0 Å². The molecule has 1 aliphatic carbocycles. The van der Waals surface area contributed by atoms with Crippen molar-refractivity contribution < 1.29 is 23.3 Å². The van der Waals surface area contributed by atoms with Crippen molar-refractivity contribution >= 4 is 42.5 Å². The number of benzene rings is 2. The normalized spacial score (nSPS) is 13.5. The van der Waals surface area contributed by atoms with Gasteiger partial charge in [-0.25, -0.2) is 5.57 Å². The van der Waals surface area contributed by atoms with Gasteiger partial charge in [0.2, 0.25) is 0 Å². The maximum atomic E-state index is 3.36. The van der Waals surface area contributed by atoms with E-state index in [0.717, 1.165) is 0 Å². The van der Waals surface area contributed by atoms with E-state index >= 15 is 0 Å². The minimum atomic E-state index is 0. The molecule has 0 bridgehead atoms. The van der Waals surface area contributed by atoms with Crippen molar-refractivity contribution in [2.24, 2.45) is 5.92 Å². The van der Waals surface area contributed by atoms with Crippen LogP contribution in [0.25, 0.3) is 21.9 Å². The molecule has 2 radical (unpaired) electrons. The van der Waals surface area contributed by atoms with Crippen LogP contribution in [0.15, 0.2) is 65.3 Å². The van der Waals surface area contributed by atoms with E-state index in [9.17, 15) is 0 Å². The Labute approximate surface area is 232 Å². The Morgan fingerprint density at radius 2 is 1.36 bits per heavy atom. The summed E-state index contributed by atoms with van der Waals surface area (Å²) in [5.74, 6) is 0.560. The molecule has 0 saturated heterocycles. The van der Waals surface area contributed by atoms with Crippen molar-refractivity contribution in [2.75, 3.05) is 0 Å². The Balaban J connectivity index is -0.000000522. The minimum absolute atomic E-state index is 0. The summed E-state index contributed by atoms with van der Waals surface area (Å²) in [6.07, 6.45) is 3.36. The molecule has 1 atom stereocenters. The van der Waals surface area contributed by atoms with Crippen molar-refractivity contribution in [2.45, 2.75) is 48.5 Å². The number of rotatable bonds is 1. The third-order valence-corrected chi connectivity index (χ3v) is 6.00. The first-order chi connectivity index (χ1) is 13.8. The molecule has 4 rings (SSSR count). The average molecular weight is 577 g/mol. The molecule has 0 heterocycles. The van der Waals surface area contributed by atoms with Crippen LogP contribution in [-0.2, 0) is 23.3 Å². The van der Waals surface area contributed by atoms with Crippen molar-refractivity contribution in [1.82, 2.24) is 0 Å². The van der Waals surface area contributed by atoms with Crippen molar-refractivity contribution in [3.05, 3.63) is 103 Å². The van der Waals surface area contributed by atoms with Crippen molar-refractivity contribution in [3.63, 3.8) is 0 Å². The monoisotopic (exact) mass is 574 g/mol. The van der Waals surface area contributed by atoms with E-state index in [0.29, 0.717) is 5.92 Å². The van der Waals surface area contributed by atoms with Crippen LogP contribution in [-0.4, -0.2) is 6.88 Å². The molecule has 0 aromatic heterocycles. The summed E-state index contributed by atoms with van der Waals surface area (Å²) in [4.78, 5) is 0. The van der Waals surface area contributed by atoms with Gasteiger partial charge in [-0.3, -0.25) is 6.08 Å². The SMILES string of the molecule is CC1=[C-]C(C)C(C)=C1C.Cc1cc2[cH-]c(C)c(-c3ccccc3)c2cc1C.Cl.Cl.[CH3-].[CH3-].[Si]=[Zr]. The molecule has 3 aromatic carbocycles. The van der Waals surface area contributed by atoms with E-state index in [1.54, 1.807) is 0 Å². The molecule has 33 heavy (non-hydrogen) atoms. The maximum absolute atomic E-state index is 3.36. The zero-order valence-electron chi connectivity index (χ0n) is 21.5. The van der Waals surface area contributed by atoms with E-state index in [4.69, 9.17) is 0 Å². The molecule has 0 amide bonds. The molecular formula is C29H38Cl2SiZr-4. The first-order valence-electron chi connectivity index (χ1n) is 10.0. The van der Waals surface area contributed by atoms with Crippen molar-refractivity contribution in [3.8, 4) is 11.1 Å². The van der Waals surface area contributed by atoms with E-state index in [1.165, 1.54) is 78.6 Å². The molecule has 4 heteroatoms. The molecule has 0 fully saturated rings.